The Morgan fingerprint density at radius 3 is 2.24 bits per heavy atom. The van der Waals surface area contributed by atoms with Gasteiger partial charge in [0.15, 0.2) is 5.11 Å². The molecule has 0 aliphatic carbocycles. The molecule has 1 aliphatic rings. The molecule has 1 fully saturated rings. The molecule has 1 aliphatic heterocycles. The van der Waals surface area contributed by atoms with Crippen LogP contribution in [0.25, 0.3) is 5.69 Å². The van der Waals surface area contributed by atoms with Gasteiger partial charge in [-0.1, -0.05) is 50.2 Å². The minimum absolute atomic E-state index is 0.0176. The number of aryl methyl sites for hydroxylation is 1. The molecule has 2 atom stereocenters. The number of nitrogens with zero attached hydrogens (tertiary/aromatic N) is 3. The van der Waals surface area contributed by atoms with E-state index >= 15 is 0 Å². The van der Waals surface area contributed by atoms with Crippen molar-refractivity contribution >= 4 is 23.0 Å². The van der Waals surface area contributed by atoms with Gasteiger partial charge < -0.3 is 14.8 Å². The number of anilines is 1. The van der Waals surface area contributed by atoms with Crippen molar-refractivity contribution in [3.8, 4) is 5.69 Å². The number of benzene rings is 2. The minimum atomic E-state index is -0.0526. The summed E-state index contributed by atoms with van der Waals surface area (Å²) < 4.78 is 2.33. The van der Waals surface area contributed by atoms with Gasteiger partial charge in [0.05, 0.1) is 17.8 Å². The Morgan fingerprint density at radius 2 is 1.59 bits per heavy atom. The van der Waals surface area contributed by atoms with Gasteiger partial charge in [-0.05, 0) is 85.6 Å². The van der Waals surface area contributed by atoms with Crippen LogP contribution in [-0.4, -0.2) is 14.7 Å². The average molecular weight is 467 g/mol. The first-order chi connectivity index (χ1) is 16.5. The molecule has 0 radical (unpaired) electrons. The number of aromatic nitrogens is 2. The van der Waals surface area contributed by atoms with Crippen molar-refractivity contribution in [2.75, 3.05) is 4.90 Å². The first kappa shape index (κ1) is 22.4. The van der Waals surface area contributed by atoms with Crippen molar-refractivity contribution in [1.29, 1.82) is 0 Å². The Kier molecular flexibility index (Phi) is 5.96. The van der Waals surface area contributed by atoms with E-state index in [1.807, 2.05) is 18.3 Å². The van der Waals surface area contributed by atoms with E-state index in [1.54, 1.807) is 0 Å². The van der Waals surface area contributed by atoms with Crippen LogP contribution in [0.5, 0.6) is 0 Å². The van der Waals surface area contributed by atoms with Gasteiger partial charge in [-0.3, -0.25) is 4.98 Å². The second-order valence-corrected chi connectivity index (χ2v) is 9.63. The van der Waals surface area contributed by atoms with Gasteiger partial charge in [0.25, 0.3) is 0 Å². The van der Waals surface area contributed by atoms with E-state index in [4.69, 9.17) is 17.2 Å². The van der Waals surface area contributed by atoms with E-state index in [1.165, 1.54) is 28.2 Å². The Labute approximate surface area is 207 Å². The van der Waals surface area contributed by atoms with Gasteiger partial charge in [-0.15, -0.1) is 0 Å². The number of thiocarbonyl (C=S) groups is 1. The van der Waals surface area contributed by atoms with Gasteiger partial charge in [-0.25, -0.2) is 0 Å². The van der Waals surface area contributed by atoms with Crippen molar-refractivity contribution in [2.45, 2.75) is 45.7 Å². The highest BCUT2D eigenvalue weighted by Gasteiger charge is 2.42. The number of para-hydroxylation sites is 1. The van der Waals surface area contributed by atoms with Crippen LogP contribution >= 0.6 is 12.2 Å². The van der Waals surface area contributed by atoms with Crippen molar-refractivity contribution in [3.05, 3.63) is 113 Å². The largest absolute Gasteiger partial charge is 0.351 e. The predicted molar refractivity (Wildman–Crippen MR) is 144 cm³/mol. The maximum absolute atomic E-state index is 5.92. The number of hydrogen-bond donors (Lipinski definition) is 1. The lowest BCUT2D eigenvalue weighted by Gasteiger charge is -2.28. The fraction of sp³-hybridized carbons (Fsp3) is 0.241. The fourth-order valence-electron chi connectivity index (χ4n) is 5.03. The molecule has 4 nitrogen and oxygen atoms in total. The number of nitrogens with one attached hydrogen (secondary N) is 1. The molecule has 5 heteroatoms. The highest BCUT2D eigenvalue weighted by atomic mass is 32.1. The Hall–Kier alpha value is -3.44. The van der Waals surface area contributed by atoms with E-state index in [9.17, 15) is 0 Å². The van der Waals surface area contributed by atoms with E-state index in [0.717, 1.165) is 16.5 Å². The topological polar surface area (TPSA) is 33.1 Å². The molecule has 172 valence electrons. The number of rotatable bonds is 5. The second-order valence-electron chi connectivity index (χ2n) is 9.24. The predicted octanol–water partition coefficient (Wildman–Crippen LogP) is 6.79. The first-order valence-electron chi connectivity index (χ1n) is 11.8. The molecule has 4 aromatic rings. The van der Waals surface area contributed by atoms with E-state index in [0.29, 0.717) is 5.92 Å². The van der Waals surface area contributed by atoms with E-state index in [2.05, 4.69) is 109 Å². The zero-order chi connectivity index (χ0) is 23.8. The Bertz CT molecular complexity index is 1290. The smallest absolute Gasteiger partial charge is 0.174 e. The second kappa shape index (κ2) is 9.07. The molecule has 3 heterocycles. The van der Waals surface area contributed by atoms with Crippen LogP contribution < -0.4 is 10.2 Å². The molecule has 0 amide bonds. The molecule has 2 unspecified atom stereocenters. The summed E-state index contributed by atoms with van der Waals surface area (Å²) in [7, 11) is 0. The summed E-state index contributed by atoms with van der Waals surface area (Å²) in [6.07, 6.45) is 1.85. The van der Waals surface area contributed by atoms with Crippen molar-refractivity contribution in [2.24, 2.45) is 0 Å². The van der Waals surface area contributed by atoms with Gasteiger partial charge in [0.2, 0.25) is 0 Å². The van der Waals surface area contributed by atoms with Crippen LogP contribution in [0, 0.1) is 13.8 Å². The minimum Gasteiger partial charge on any atom is -0.351 e. The standard InChI is InChI=1S/C29H30N4S/c1-19(2)22-13-15-24(16-14-22)33-28(27(31-29(33)34)26-12-8-9-17-30-26)25-18-20(3)32(21(25)4)23-10-6-5-7-11-23/h5-19,27-28H,1-4H3,(H,31,34). The maximum Gasteiger partial charge on any atom is 0.174 e. The van der Waals surface area contributed by atoms with Gasteiger partial charge in [0.1, 0.15) is 0 Å². The molecule has 0 spiro atoms. The van der Waals surface area contributed by atoms with Crippen molar-refractivity contribution in [1.82, 2.24) is 14.9 Å². The third kappa shape index (κ3) is 3.90. The van der Waals surface area contributed by atoms with Crippen LogP contribution in [0.1, 0.15) is 60.1 Å². The summed E-state index contributed by atoms with van der Waals surface area (Å²) in [4.78, 5) is 6.96. The lowest BCUT2D eigenvalue weighted by atomic mass is 9.96. The molecular weight excluding hydrogens is 436 g/mol. The summed E-state index contributed by atoms with van der Waals surface area (Å²) in [6.45, 7) is 8.80. The van der Waals surface area contributed by atoms with Crippen LogP contribution in [-0.2, 0) is 0 Å². The number of hydrogen-bond acceptors (Lipinski definition) is 2. The van der Waals surface area contributed by atoms with Crippen LogP contribution in [0.2, 0.25) is 0 Å². The molecule has 0 saturated carbocycles. The molecular formula is C29H30N4S. The van der Waals surface area contributed by atoms with Gasteiger partial charge in [0, 0.05) is 29.0 Å². The zero-order valence-corrected chi connectivity index (χ0v) is 20.9. The lowest BCUT2D eigenvalue weighted by molar-refractivity contribution is 0.565. The summed E-state index contributed by atoms with van der Waals surface area (Å²) in [6, 6.07) is 27.6. The van der Waals surface area contributed by atoms with Crippen molar-refractivity contribution < 1.29 is 0 Å². The quantitative estimate of drug-likeness (QED) is 0.328. The number of pyridine rings is 1. The molecule has 0 bridgehead atoms. The van der Waals surface area contributed by atoms with Gasteiger partial charge >= 0.3 is 0 Å². The van der Waals surface area contributed by atoms with E-state index < -0.39 is 0 Å². The normalized spacial score (nSPS) is 17.9. The summed E-state index contributed by atoms with van der Waals surface area (Å²) in [5.74, 6) is 0.486. The Morgan fingerprint density at radius 1 is 0.882 bits per heavy atom. The highest BCUT2D eigenvalue weighted by Crippen LogP contribution is 2.43. The van der Waals surface area contributed by atoms with Crippen molar-refractivity contribution in [3.63, 3.8) is 0 Å². The third-order valence-electron chi connectivity index (χ3n) is 6.74. The molecule has 1 N–H and O–H groups in total. The maximum atomic E-state index is 5.92. The lowest BCUT2D eigenvalue weighted by Crippen LogP contribution is -2.29. The van der Waals surface area contributed by atoms with E-state index in [-0.39, 0.29) is 12.1 Å². The first-order valence-corrected chi connectivity index (χ1v) is 12.2. The van der Waals surface area contributed by atoms with Crippen LogP contribution in [0.3, 0.4) is 0 Å². The van der Waals surface area contributed by atoms with Crippen LogP contribution in [0.15, 0.2) is 85.1 Å². The molecule has 5 rings (SSSR count). The fourth-order valence-corrected chi connectivity index (χ4v) is 5.38. The third-order valence-corrected chi connectivity index (χ3v) is 7.05. The molecule has 2 aromatic carbocycles. The molecule has 1 saturated heterocycles. The monoisotopic (exact) mass is 466 g/mol. The summed E-state index contributed by atoms with van der Waals surface area (Å²) in [5, 5.41) is 4.31. The zero-order valence-electron chi connectivity index (χ0n) is 20.1. The summed E-state index contributed by atoms with van der Waals surface area (Å²) in [5.41, 5.74) is 8.23. The Balaban J connectivity index is 1.65. The van der Waals surface area contributed by atoms with Crippen LogP contribution in [0.4, 0.5) is 5.69 Å². The highest BCUT2D eigenvalue weighted by molar-refractivity contribution is 7.80. The summed E-state index contributed by atoms with van der Waals surface area (Å²) >= 11 is 5.92. The SMILES string of the molecule is Cc1cc(C2C(c3ccccn3)NC(=S)N2c2ccc(C(C)C)cc2)c(C)n1-c1ccccc1. The molecule has 2 aromatic heterocycles. The molecule has 34 heavy (non-hydrogen) atoms. The van der Waals surface area contributed by atoms with Gasteiger partial charge in [-0.2, -0.15) is 0 Å². The average Bonchev–Trinajstić information content (AvgIpc) is 3.35.